The molecule has 0 aliphatic heterocycles. The van der Waals surface area contributed by atoms with Gasteiger partial charge < -0.3 is 0 Å². The molecule has 1 aromatic carbocycles. The fourth-order valence-corrected chi connectivity index (χ4v) is 5.14. The standard InChI is InChI=1S/C13H18O2S3/c1-4-16-13(17-5-2)10-18(14,15)12-8-6-11(3)7-9-12/h6-10H,4-5H2,1-3H3. The zero-order chi connectivity index (χ0) is 13.6. The van der Waals surface area contributed by atoms with Crippen LogP contribution in [0.2, 0.25) is 0 Å². The van der Waals surface area contributed by atoms with Crippen molar-refractivity contribution in [2.75, 3.05) is 11.5 Å². The molecule has 0 radical (unpaired) electrons. The van der Waals surface area contributed by atoms with Gasteiger partial charge in [-0.05, 0) is 30.6 Å². The summed E-state index contributed by atoms with van der Waals surface area (Å²) in [4.78, 5) is 0.360. The lowest BCUT2D eigenvalue weighted by molar-refractivity contribution is 0.604. The van der Waals surface area contributed by atoms with Crippen molar-refractivity contribution in [2.45, 2.75) is 25.7 Å². The molecule has 0 amide bonds. The molecule has 100 valence electrons. The molecule has 0 aliphatic rings. The lowest BCUT2D eigenvalue weighted by Crippen LogP contribution is -1.97. The molecule has 0 aliphatic carbocycles. The van der Waals surface area contributed by atoms with Crippen molar-refractivity contribution < 1.29 is 8.42 Å². The van der Waals surface area contributed by atoms with Crippen LogP contribution in [0.3, 0.4) is 0 Å². The summed E-state index contributed by atoms with van der Waals surface area (Å²) in [5.41, 5.74) is 1.06. The van der Waals surface area contributed by atoms with Crippen LogP contribution in [-0.2, 0) is 9.84 Å². The van der Waals surface area contributed by atoms with Crippen LogP contribution in [0, 0.1) is 6.92 Å². The molecule has 0 N–H and O–H groups in total. The van der Waals surface area contributed by atoms with E-state index in [1.54, 1.807) is 35.7 Å². The number of aryl methyl sites for hydroxylation is 1. The Labute approximate surface area is 118 Å². The minimum absolute atomic E-state index is 0.360. The number of sulfone groups is 1. The maximum absolute atomic E-state index is 12.2. The van der Waals surface area contributed by atoms with Crippen molar-refractivity contribution in [3.8, 4) is 0 Å². The zero-order valence-corrected chi connectivity index (χ0v) is 13.3. The molecule has 1 aromatic rings. The van der Waals surface area contributed by atoms with Gasteiger partial charge in [0, 0.05) is 0 Å². The number of thioether (sulfide) groups is 2. The van der Waals surface area contributed by atoms with E-state index in [2.05, 4.69) is 0 Å². The molecule has 0 fully saturated rings. The Kier molecular flexibility index (Phi) is 6.32. The lowest BCUT2D eigenvalue weighted by Gasteiger charge is -2.05. The van der Waals surface area contributed by atoms with E-state index in [9.17, 15) is 8.42 Å². The van der Waals surface area contributed by atoms with Gasteiger partial charge in [-0.2, -0.15) is 0 Å². The molecule has 2 nitrogen and oxygen atoms in total. The molecule has 0 aromatic heterocycles. The van der Waals surface area contributed by atoms with Crippen molar-refractivity contribution >= 4 is 33.4 Å². The normalized spacial score (nSPS) is 11.3. The van der Waals surface area contributed by atoms with Gasteiger partial charge in [0.2, 0.25) is 9.84 Å². The Hall–Kier alpha value is -0.390. The Bertz CT molecular complexity index is 494. The van der Waals surface area contributed by atoms with Gasteiger partial charge in [0.15, 0.2) is 0 Å². The second-order valence-corrected chi connectivity index (χ2v) is 8.33. The summed E-state index contributed by atoms with van der Waals surface area (Å²) >= 11 is 3.14. The molecule has 18 heavy (non-hydrogen) atoms. The number of rotatable bonds is 6. The fraction of sp³-hybridized carbons (Fsp3) is 0.385. The predicted molar refractivity (Wildman–Crippen MR) is 82.7 cm³/mol. The topological polar surface area (TPSA) is 34.1 Å². The average molecular weight is 302 g/mol. The first-order valence-corrected chi connectivity index (χ1v) is 9.30. The summed E-state index contributed by atoms with van der Waals surface area (Å²) in [5, 5.41) is 1.39. The van der Waals surface area contributed by atoms with Gasteiger partial charge in [-0.1, -0.05) is 31.5 Å². The van der Waals surface area contributed by atoms with Crippen molar-refractivity contribution in [2.24, 2.45) is 0 Å². The minimum atomic E-state index is -3.32. The van der Waals surface area contributed by atoms with Crippen molar-refractivity contribution in [1.29, 1.82) is 0 Å². The highest BCUT2D eigenvalue weighted by Crippen LogP contribution is 2.30. The maximum atomic E-state index is 12.2. The quantitative estimate of drug-likeness (QED) is 0.793. The molecule has 1 rings (SSSR count). The first-order chi connectivity index (χ1) is 8.49. The van der Waals surface area contributed by atoms with Crippen molar-refractivity contribution in [3.05, 3.63) is 39.5 Å². The van der Waals surface area contributed by atoms with E-state index in [0.29, 0.717) is 4.90 Å². The summed E-state index contributed by atoms with van der Waals surface area (Å²) in [6, 6.07) is 6.96. The highest BCUT2D eigenvalue weighted by atomic mass is 32.2. The molecule has 0 bridgehead atoms. The van der Waals surface area contributed by atoms with Crippen LogP contribution in [0.25, 0.3) is 0 Å². The van der Waals surface area contributed by atoms with Crippen molar-refractivity contribution in [1.82, 2.24) is 0 Å². The smallest absolute Gasteiger partial charge is 0.201 e. The third-order valence-corrected chi connectivity index (χ3v) is 6.04. The summed E-state index contributed by atoms with van der Waals surface area (Å²) in [6.45, 7) is 5.98. The van der Waals surface area contributed by atoms with Crippen LogP contribution in [-0.4, -0.2) is 19.9 Å². The minimum Gasteiger partial charge on any atom is -0.219 e. The van der Waals surface area contributed by atoms with Crippen molar-refractivity contribution in [3.63, 3.8) is 0 Å². The van der Waals surface area contributed by atoms with E-state index in [1.807, 2.05) is 32.9 Å². The highest BCUT2D eigenvalue weighted by molar-refractivity contribution is 8.22. The molecule has 0 spiro atoms. The van der Waals surface area contributed by atoms with Crippen LogP contribution in [0.5, 0.6) is 0 Å². The monoisotopic (exact) mass is 302 g/mol. The Morgan fingerprint density at radius 1 is 1.11 bits per heavy atom. The molecular formula is C13H18O2S3. The largest absolute Gasteiger partial charge is 0.219 e. The van der Waals surface area contributed by atoms with Crippen LogP contribution >= 0.6 is 23.5 Å². The van der Waals surface area contributed by atoms with Gasteiger partial charge in [0.1, 0.15) is 0 Å². The second kappa shape index (κ2) is 7.26. The van der Waals surface area contributed by atoms with E-state index in [4.69, 9.17) is 0 Å². The van der Waals surface area contributed by atoms with Gasteiger partial charge in [0.05, 0.1) is 14.5 Å². The third kappa shape index (κ3) is 4.71. The van der Waals surface area contributed by atoms with E-state index in [-0.39, 0.29) is 0 Å². The zero-order valence-electron chi connectivity index (χ0n) is 10.8. The van der Waals surface area contributed by atoms with Gasteiger partial charge in [-0.25, -0.2) is 8.42 Å². The first-order valence-electron chi connectivity index (χ1n) is 5.78. The van der Waals surface area contributed by atoms with Crippen LogP contribution < -0.4 is 0 Å². The molecule has 0 unspecified atom stereocenters. The second-order valence-electron chi connectivity index (χ2n) is 3.66. The molecule has 0 heterocycles. The molecular weight excluding hydrogens is 284 g/mol. The summed E-state index contributed by atoms with van der Waals surface area (Å²) < 4.78 is 25.3. The summed E-state index contributed by atoms with van der Waals surface area (Å²) in [5.74, 6) is 1.75. The van der Waals surface area contributed by atoms with Crippen LogP contribution in [0.15, 0.2) is 38.8 Å². The van der Waals surface area contributed by atoms with E-state index < -0.39 is 9.84 Å². The molecule has 0 saturated heterocycles. The maximum Gasteiger partial charge on any atom is 0.201 e. The number of benzene rings is 1. The first kappa shape index (κ1) is 15.7. The lowest BCUT2D eigenvalue weighted by atomic mass is 10.2. The van der Waals surface area contributed by atoms with Gasteiger partial charge >= 0.3 is 0 Å². The van der Waals surface area contributed by atoms with E-state index in [1.165, 1.54) is 5.41 Å². The Morgan fingerprint density at radius 3 is 2.06 bits per heavy atom. The van der Waals surface area contributed by atoms with Gasteiger partial charge in [-0.15, -0.1) is 23.5 Å². The fourth-order valence-electron chi connectivity index (χ4n) is 1.32. The van der Waals surface area contributed by atoms with Crippen LogP contribution in [0.4, 0.5) is 0 Å². The summed E-state index contributed by atoms with van der Waals surface area (Å²) in [7, 11) is -3.32. The average Bonchev–Trinajstić information content (AvgIpc) is 2.29. The van der Waals surface area contributed by atoms with E-state index in [0.717, 1.165) is 21.3 Å². The summed E-state index contributed by atoms with van der Waals surface area (Å²) in [6.07, 6.45) is 0. The highest BCUT2D eigenvalue weighted by Gasteiger charge is 2.12. The molecule has 0 atom stereocenters. The Balaban J connectivity index is 3.04. The number of hydrogen-bond acceptors (Lipinski definition) is 4. The van der Waals surface area contributed by atoms with Gasteiger partial charge in [-0.3, -0.25) is 0 Å². The van der Waals surface area contributed by atoms with E-state index >= 15 is 0 Å². The third-order valence-electron chi connectivity index (χ3n) is 2.17. The SMILES string of the molecule is CCSC(=CS(=O)(=O)c1ccc(C)cc1)SCC. The van der Waals surface area contributed by atoms with Gasteiger partial charge in [0.25, 0.3) is 0 Å². The van der Waals surface area contributed by atoms with Crippen LogP contribution in [0.1, 0.15) is 19.4 Å². The Morgan fingerprint density at radius 2 is 1.61 bits per heavy atom. The predicted octanol–water partition coefficient (Wildman–Crippen LogP) is 4.07. The number of hydrogen-bond donors (Lipinski definition) is 0. The molecule has 0 saturated carbocycles. The molecule has 5 heteroatoms.